The molecule has 12 aromatic rings. The van der Waals surface area contributed by atoms with Crippen molar-refractivity contribution in [3.63, 3.8) is 0 Å². The third-order valence-electron chi connectivity index (χ3n) is 14.2. The Morgan fingerprint density at radius 1 is 0.265 bits per heavy atom. The van der Waals surface area contributed by atoms with Crippen LogP contribution >= 0.6 is 0 Å². The number of hydrogen-bond donors (Lipinski definition) is 0. The third kappa shape index (κ3) is 5.77. The van der Waals surface area contributed by atoms with Crippen molar-refractivity contribution in [2.75, 3.05) is 0 Å². The van der Waals surface area contributed by atoms with Crippen molar-refractivity contribution < 1.29 is 4.42 Å². The molecule has 68 heavy (non-hydrogen) atoms. The van der Waals surface area contributed by atoms with Crippen LogP contribution in [0.2, 0.25) is 0 Å². The highest BCUT2D eigenvalue weighted by Gasteiger charge is 2.51. The van der Waals surface area contributed by atoms with Gasteiger partial charge in [0.25, 0.3) is 0 Å². The van der Waals surface area contributed by atoms with E-state index in [4.69, 9.17) is 19.4 Å². The zero-order chi connectivity index (χ0) is 44.8. The van der Waals surface area contributed by atoms with Crippen LogP contribution in [0.3, 0.4) is 0 Å². The molecule has 10 aromatic carbocycles. The second-order valence-corrected chi connectivity index (χ2v) is 17.8. The van der Waals surface area contributed by atoms with Crippen molar-refractivity contribution in [3.8, 4) is 89.8 Å². The summed E-state index contributed by atoms with van der Waals surface area (Å²) in [6.07, 6.45) is 0. The van der Waals surface area contributed by atoms with Gasteiger partial charge in [-0.2, -0.15) is 0 Å². The zero-order valence-electron chi connectivity index (χ0n) is 36.8. The molecule has 0 atom stereocenters. The fourth-order valence-electron chi connectivity index (χ4n) is 11.1. The molecule has 2 aliphatic carbocycles. The largest absolute Gasteiger partial charge is 0.456 e. The van der Waals surface area contributed by atoms with E-state index in [2.05, 4.69) is 188 Å². The molecule has 14 rings (SSSR count). The van der Waals surface area contributed by atoms with E-state index in [1.807, 2.05) is 48.5 Å². The van der Waals surface area contributed by atoms with E-state index in [9.17, 15) is 0 Å². The predicted octanol–water partition coefficient (Wildman–Crippen LogP) is 16.1. The minimum Gasteiger partial charge on any atom is -0.456 e. The van der Waals surface area contributed by atoms with Crippen LogP contribution in [0, 0.1) is 0 Å². The van der Waals surface area contributed by atoms with Gasteiger partial charge in [-0.05, 0) is 102 Å². The van der Waals surface area contributed by atoms with Gasteiger partial charge in [0.2, 0.25) is 0 Å². The normalized spacial score (nSPS) is 12.8. The summed E-state index contributed by atoms with van der Waals surface area (Å²) in [4.78, 5) is 15.3. The first kappa shape index (κ1) is 38.3. The fraction of sp³-hybridized carbons (Fsp3) is 0.0156. The molecule has 0 saturated heterocycles. The van der Waals surface area contributed by atoms with Gasteiger partial charge in [-0.25, -0.2) is 15.0 Å². The van der Waals surface area contributed by atoms with Gasteiger partial charge in [0.1, 0.15) is 11.2 Å². The Balaban J connectivity index is 0.852. The maximum atomic E-state index is 6.54. The summed E-state index contributed by atoms with van der Waals surface area (Å²) in [5.74, 6) is 1.82. The zero-order valence-corrected chi connectivity index (χ0v) is 36.8. The molecule has 0 fully saturated rings. The van der Waals surface area contributed by atoms with Crippen LogP contribution in [-0.4, -0.2) is 15.0 Å². The smallest absolute Gasteiger partial charge is 0.164 e. The number of hydrogen-bond acceptors (Lipinski definition) is 4. The molecule has 2 aromatic heterocycles. The number of benzene rings is 10. The molecule has 0 radical (unpaired) electrons. The van der Waals surface area contributed by atoms with Crippen molar-refractivity contribution in [3.05, 3.63) is 259 Å². The quantitative estimate of drug-likeness (QED) is 0.167. The highest BCUT2D eigenvalue weighted by Crippen LogP contribution is 2.63. The maximum Gasteiger partial charge on any atom is 0.164 e. The number of aromatic nitrogens is 3. The van der Waals surface area contributed by atoms with Crippen molar-refractivity contribution >= 4 is 21.9 Å². The second-order valence-electron chi connectivity index (χ2n) is 17.8. The second kappa shape index (κ2) is 15.0. The average molecular weight is 866 g/mol. The Hall–Kier alpha value is -8.99. The van der Waals surface area contributed by atoms with Gasteiger partial charge in [0.15, 0.2) is 17.5 Å². The van der Waals surface area contributed by atoms with Crippen molar-refractivity contribution in [2.45, 2.75) is 5.41 Å². The molecule has 2 aliphatic rings. The lowest BCUT2D eigenvalue weighted by atomic mass is 9.70. The molecular weight excluding hydrogens is 827 g/mol. The summed E-state index contributed by atoms with van der Waals surface area (Å²) in [5, 5.41) is 1.98. The number of nitrogens with zero attached hydrogens (tertiary/aromatic N) is 3. The lowest BCUT2D eigenvalue weighted by Gasteiger charge is -2.30. The first-order valence-electron chi connectivity index (χ1n) is 23.2. The summed E-state index contributed by atoms with van der Waals surface area (Å²) in [5.41, 5.74) is 21.5. The monoisotopic (exact) mass is 865 g/mol. The van der Waals surface area contributed by atoms with E-state index in [1.54, 1.807) is 0 Å². The van der Waals surface area contributed by atoms with Gasteiger partial charge in [0, 0.05) is 27.5 Å². The summed E-state index contributed by atoms with van der Waals surface area (Å²) in [7, 11) is 0. The Bertz CT molecular complexity index is 3880. The van der Waals surface area contributed by atoms with Crippen LogP contribution in [0.15, 0.2) is 241 Å². The van der Waals surface area contributed by atoms with Crippen LogP contribution in [0.1, 0.15) is 22.3 Å². The molecule has 2 heterocycles. The summed E-state index contributed by atoms with van der Waals surface area (Å²) in [6, 6.07) is 84.6. The lowest BCUT2D eigenvalue weighted by Crippen LogP contribution is -2.25. The molecule has 1 spiro atoms. The SMILES string of the molecule is c1ccc(-c2ccc(-c3nc(-c4ccccc4)nc(-c4cccc5oc6ccc(-c7ccc(-c8ccc9c(c8)C8(c%10ccccc%10-c%10ccccc%108)c8ccccc8-9)cc7)cc6c45)n3)cc2)cc1. The Morgan fingerprint density at radius 3 is 1.28 bits per heavy atom. The van der Waals surface area contributed by atoms with Crippen molar-refractivity contribution in [1.29, 1.82) is 0 Å². The average Bonchev–Trinajstić information content (AvgIpc) is 4.05. The maximum absolute atomic E-state index is 6.54. The highest BCUT2D eigenvalue weighted by atomic mass is 16.3. The number of furan rings is 1. The first-order valence-corrected chi connectivity index (χ1v) is 23.2. The molecule has 316 valence electrons. The van der Waals surface area contributed by atoms with Crippen molar-refractivity contribution in [1.82, 2.24) is 15.0 Å². The number of rotatable bonds is 6. The molecule has 0 aliphatic heterocycles. The van der Waals surface area contributed by atoms with E-state index in [-0.39, 0.29) is 5.41 Å². The Labute approximate surface area is 393 Å². The molecule has 0 saturated carbocycles. The number of fused-ring (bicyclic) bond motifs is 13. The van der Waals surface area contributed by atoms with Crippen molar-refractivity contribution in [2.24, 2.45) is 0 Å². The standard InChI is InChI=1S/C64H39N3O/c1-3-14-40(15-4-1)41-30-32-45(33-31-41)62-65-61(44-16-5-2-6-17-44)66-63(67-62)52-21-13-25-59-60(52)53-38-46(35-37-58(53)68-59)42-26-28-43(29-27-42)47-34-36-51-50-20-9-12-24-56(50)64(57(51)39-47)54-22-10-7-18-48(54)49-19-8-11-23-55(49)64/h1-39H. The lowest BCUT2D eigenvalue weighted by molar-refractivity contribution is 0.669. The Morgan fingerprint density at radius 2 is 0.676 bits per heavy atom. The topological polar surface area (TPSA) is 51.8 Å². The Kier molecular flexibility index (Phi) is 8.46. The molecule has 0 bridgehead atoms. The van der Waals surface area contributed by atoms with Gasteiger partial charge in [-0.1, -0.05) is 212 Å². The van der Waals surface area contributed by atoms with Crippen LogP contribution in [-0.2, 0) is 5.41 Å². The fourth-order valence-corrected chi connectivity index (χ4v) is 11.1. The van der Waals surface area contributed by atoms with Gasteiger partial charge >= 0.3 is 0 Å². The molecule has 0 N–H and O–H groups in total. The van der Waals surface area contributed by atoms with Crippen LogP contribution in [0.5, 0.6) is 0 Å². The molecular formula is C64H39N3O. The van der Waals surface area contributed by atoms with Crippen LogP contribution in [0.4, 0.5) is 0 Å². The predicted molar refractivity (Wildman–Crippen MR) is 276 cm³/mol. The van der Waals surface area contributed by atoms with Gasteiger partial charge in [-0.15, -0.1) is 0 Å². The van der Waals surface area contributed by atoms with E-state index in [0.29, 0.717) is 17.5 Å². The van der Waals surface area contributed by atoms with E-state index in [1.165, 1.54) is 55.6 Å². The van der Waals surface area contributed by atoms with Crippen LogP contribution < -0.4 is 0 Å². The summed E-state index contributed by atoms with van der Waals surface area (Å²) < 4.78 is 6.54. The van der Waals surface area contributed by atoms with Gasteiger partial charge in [-0.3, -0.25) is 0 Å². The van der Waals surface area contributed by atoms with Gasteiger partial charge < -0.3 is 4.42 Å². The van der Waals surface area contributed by atoms with E-state index in [0.717, 1.165) is 60.9 Å². The minimum atomic E-state index is -0.378. The summed E-state index contributed by atoms with van der Waals surface area (Å²) in [6.45, 7) is 0. The van der Waals surface area contributed by atoms with Crippen LogP contribution in [0.25, 0.3) is 112 Å². The van der Waals surface area contributed by atoms with E-state index >= 15 is 0 Å². The molecule has 4 nitrogen and oxygen atoms in total. The minimum absolute atomic E-state index is 0.378. The molecule has 4 heteroatoms. The summed E-state index contributed by atoms with van der Waals surface area (Å²) >= 11 is 0. The first-order chi connectivity index (χ1) is 33.7. The third-order valence-corrected chi connectivity index (χ3v) is 14.2. The van der Waals surface area contributed by atoms with E-state index < -0.39 is 0 Å². The van der Waals surface area contributed by atoms with Gasteiger partial charge in [0.05, 0.1) is 5.41 Å². The molecule has 0 unspecified atom stereocenters. The highest BCUT2D eigenvalue weighted by molar-refractivity contribution is 6.13. The molecule has 0 amide bonds.